The summed E-state index contributed by atoms with van der Waals surface area (Å²) in [6, 6.07) is 0. The number of rotatable bonds is 9. The molecule has 2 aliphatic rings. The Morgan fingerprint density at radius 1 is 1.23 bits per heavy atom. The van der Waals surface area contributed by atoms with E-state index in [1.54, 1.807) is 13.8 Å². The fraction of sp³-hybridized carbons (Fsp3) is 0.586. The molecule has 9 nitrogen and oxygen atoms in total. The number of allylic oxidation sites excluding steroid dienone is 3. The quantitative estimate of drug-likeness (QED) is 0.245. The molecule has 2 bridgehead atoms. The van der Waals surface area contributed by atoms with Gasteiger partial charge in [0.2, 0.25) is 0 Å². The van der Waals surface area contributed by atoms with Gasteiger partial charge >= 0.3 is 17.9 Å². The molecular formula is C29H39ClO9. The van der Waals surface area contributed by atoms with Crippen molar-refractivity contribution in [1.82, 2.24) is 0 Å². The molecule has 0 aromatic carbocycles. The number of carbonyl (C=O) groups excluding carboxylic acids is 4. The van der Waals surface area contributed by atoms with Crippen LogP contribution >= 0.6 is 11.6 Å². The van der Waals surface area contributed by atoms with E-state index in [1.165, 1.54) is 19.9 Å². The summed E-state index contributed by atoms with van der Waals surface area (Å²) in [5.41, 5.74) is 1.74. The molecule has 0 saturated carbocycles. The zero-order valence-corrected chi connectivity index (χ0v) is 23.8. The van der Waals surface area contributed by atoms with Crippen LogP contribution in [0.3, 0.4) is 0 Å². The van der Waals surface area contributed by atoms with E-state index in [1.807, 2.05) is 12.2 Å². The minimum absolute atomic E-state index is 0.0559. The van der Waals surface area contributed by atoms with Gasteiger partial charge in [-0.25, -0.2) is 0 Å². The second kappa shape index (κ2) is 15.7. The van der Waals surface area contributed by atoms with E-state index in [0.29, 0.717) is 47.4 Å². The standard InChI is InChI=1S/C29H39ClO9/c1-17(13-27(34)36-16-18(2)11-20(4)31)12-24(33)29-26-14-23(38-29)10-9-22(30)8-6-7-19(3)25(37-21(5)32)15-28(35)39-26/h7-8,12,23-26,29,33H,2,6,9-11,13-16H2,1,3-5H3/b17-12+,19-7-,22-8-/t23-,24+,25-,26?,29-/m0/s1. The second-order valence-corrected chi connectivity index (χ2v) is 10.6. The first-order valence-electron chi connectivity index (χ1n) is 13.0. The summed E-state index contributed by atoms with van der Waals surface area (Å²) in [5, 5.41) is 11.6. The van der Waals surface area contributed by atoms with E-state index in [2.05, 4.69) is 6.58 Å². The summed E-state index contributed by atoms with van der Waals surface area (Å²) in [6.45, 7) is 9.80. The molecule has 0 amide bonds. The van der Waals surface area contributed by atoms with Gasteiger partial charge in [0, 0.05) is 24.8 Å². The van der Waals surface area contributed by atoms with Crippen molar-refractivity contribution < 1.29 is 43.2 Å². The maximum atomic E-state index is 12.8. The molecule has 0 aliphatic carbocycles. The Morgan fingerprint density at radius 2 is 1.95 bits per heavy atom. The van der Waals surface area contributed by atoms with Gasteiger partial charge in [-0.05, 0) is 51.2 Å². The lowest BCUT2D eigenvalue weighted by Crippen LogP contribution is -2.37. The van der Waals surface area contributed by atoms with Crippen molar-refractivity contribution >= 4 is 35.3 Å². The summed E-state index contributed by atoms with van der Waals surface area (Å²) in [6.07, 6.45) is 3.19. The number of hydrogen-bond acceptors (Lipinski definition) is 9. The first-order valence-corrected chi connectivity index (χ1v) is 13.4. The Hall–Kier alpha value is -2.75. The molecule has 5 atom stereocenters. The molecule has 2 aliphatic heterocycles. The van der Waals surface area contributed by atoms with Crippen molar-refractivity contribution in [2.45, 2.75) is 103 Å². The van der Waals surface area contributed by atoms with Gasteiger partial charge < -0.3 is 24.1 Å². The molecule has 216 valence electrons. The van der Waals surface area contributed by atoms with Crippen LogP contribution in [0.15, 0.2) is 46.6 Å². The molecule has 39 heavy (non-hydrogen) atoms. The molecule has 2 heterocycles. The average molecular weight is 567 g/mol. The van der Waals surface area contributed by atoms with Crippen molar-refractivity contribution in [1.29, 1.82) is 0 Å². The monoisotopic (exact) mass is 566 g/mol. The number of halogens is 1. The second-order valence-electron chi connectivity index (χ2n) is 10.1. The molecular weight excluding hydrogens is 528 g/mol. The number of aliphatic hydroxyl groups is 1. The lowest BCUT2D eigenvalue weighted by atomic mass is 10.0. The number of fused-ring (bicyclic) bond motifs is 2. The number of hydrogen-bond donors (Lipinski definition) is 1. The van der Waals surface area contributed by atoms with E-state index in [4.69, 9.17) is 30.5 Å². The highest BCUT2D eigenvalue weighted by atomic mass is 35.5. The number of esters is 3. The van der Waals surface area contributed by atoms with E-state index in [9.17, 15) is 24.3 Å². The van der Waals surface area contributed by atoms with Crippen LogP contribution in [-0.2, 0) is 38.1 Å². The molecule has 2 rings (SSSR count). The van der Waals surface area contributed by atoms with Crippen LogP contribution < -0.4 is 0 Å². The predicted molar refractivity (Wildman–Crippen MR) is 145 cm³/mol. The molecule has 1 unspecified atom stereocenters. The number of ketones is 1. The SMILES string of the molecule is C=C(COC(=O)C/C(C)=C/[C@@H](O)[C@@H]1O[C@H]2CC/C(Cl)=C/C/C=C(/C)[C@@H](OC(C)=O)CC(=O)OC1C2)CC(C)=O. The third-order valence-electron chi connectivity index (χ3n) is 6.30. The molecule has 10 heteroatoms. The summed E-state index contributed by atoms with van der Waals surface area (Å²) in [4.78, 5) is 47.8. The van der Waals surface area contributed by atoms with Gasteiger partial charge in [-0.2, -0.15) is 0 Å². The maximum Gasteiger partial charge on any atom is 0.310 e. The van der Waals surface area contributed by atoms with Crippen LogP contribution in [0.4, 0.5) is 0 Å². The topological polar surface area (TPSA) is 125 Å². The van der Waals surface area contributed by atoms with Gasteiger partial charge in [-0.1, -0.05) is 42.0 Å². The van der Waals surface area contributed by atoms with Crippen molar-refractivity contribution in [2.24, 2.45) is 0 Å². The summed E-state index contributed by atoms with van der Waals surface area (Å²) in [5.74, 6) is -1.70. The third-order valence-corrected chi connectivity index (χ3v) is 6.64. The van der Waals surface area contributed by atoms with Crippen LogP contribution in [0.5, 0.6) is 0 Å². The first kappa shape index (κ1) is 32.5. The van der Waals surface area contributed by atoms with Gasteiger partial charge in [-0.3, -0.25) is 19.2 Å². The third kappa shape index (κ3) is 11.9. The van der Waals surface area contributed by atoms with Crippen LogP contribution in [0.2, 0.25) is 0 Å². The lowest BCUT2D eigenvalue weighted by molar-refractivity contribution is -0.159. The van der Waals surface area contributed by atoms with Crippen molar-refractivity contribution in [3.8, 4) is 0 Å². The van der Waals surface area contributed by atoms with E-state index < -0.39 is 42.3 Å². The normalized spacial score (nSPS) is 28.1. The van der Waals surface area contributed by atoms with Crippen molar-refractivity contribution in [2.75, 3.05) is 6.61 Å². The van der Waals surface area contributed by atoms with E-state index in [0.717, 1.165) is 0 Å². The summed E-state index contributed by atoms with van der Waals surface area (Å²) >= 11 is 6.38. The lowest BCUT2D eigenvalue weighted by Gasteiger charge is -2.24. The van der Waals surface area contributed by atoms with Crippen LogP contribution in [-0.4, -0.2) is 65.9 Å². The highest BCUT2D eigenvalue weighted by Crippen LogP contribution is 2.31. The highest BCUT2D eigenvalue weighted by Gasteiger charge is 2.41. The van der Waals surface area contributed by atoms with E-state index in [-0.39, 0.29) is 37.8 Å². The minimum Gasteiger partial charge on any atom is -0.461 e. The predicted octanol–water partition coefficient (Wildman–Crippen LogP) is 4.41. The van der Waals surface area contributed by atoms with Gasteiger partial charge in [0.05, 0.1) is 18.9 Å². The van der Waals surface area contributed by atoms with Gasteiger partial charge in [0.1, 0.15) is 36.8 Å². The Morgan fingerprint density at radius 3 is 2.62 bits per heavy atom. The molecule has 1 fully saturated rings. The number of aliphatic hydroxyl groups excluding tert-OH is 1. The van der Waals surface area contributed by atoms with Crippen LogP contribution in [0, 0.1) is 0 Å². The zero-order chi connectivity index (χ0) is 29.1. The van der Waals surface area contributed by atoms with Gasteiger partial charge in [-0.15, -0.1) is 0 Å². The number of carbonyl (C=O) groups is 4. The number of ether oxygens (including phenoxy) is 4. The van der Waals surface area contributed by atoms with Gasteiger partial charge in [0.25, 0.3) is 0 Å². The maximum absolute atomic E-state index is 12.8. The first-order chi connectivity index (χ1) is 18.3. The van der Waals surface area contributed by atoms with Crippen LogP contribution in [0.25, 0.3) is 0 Å². The fourth-order valence-corrected chi connectivity index (χ4v) is 4.64. The van der Waals surface area contributed by atoms with Crippen LogP contribution in [0.1, 0.15) is 72.6 Å². The molecule has 0 radical (unpaired) electrons. The molecule has 0 spiro atoms. The fourth-order valence-electron chi connectivity index (χ4n) is 4.44. The summed E-state index contributed by atoms with van der Waals surface area (Å²) in [7, 11) is 0. The Kier molecular flexibility index (Phi) is 13.1. The largest absolute Gasteiger partial charge is 0.461 e. The van der Waals surface area contributed by atoms with Crippen molar-refractivity contribution in [3.63, 3.8) is 0 Å². The molecule has 1 saturated heterocycles. The Bertz CT molecular complexity index is 1030. The average Bonchev–Trinajstić information content (AvgIpc) is 3.22. The smallest absolute Gasteiger partial charge is 0.310 e. The Labute approximate surface area is 234 Å². The highest BCUT2D eigenvalue weighted by molar-refractivity contribution is 6.29. The zero-order valence-electron chi connectivity index (χ0n) is 23.1. The number of Topliss-reactive ketones (excluding diaryl/α,β-unsaturated/α-hetero) is 1. The molecule has 0 aromatic heterocycles. The summed E-state index contributed by atoms with van der Waals surface area (Å²) < 4.78 is 22.3. The van der Waals surface area contributed by atoms with E-state index >= 15 is 0 Å². The molecule has 0 aromatic rings. The van der Waals surface area contributed by atoms with Gasteiger partial charge in [0.15, 0.2) is 0 Å². The van der Waals surface area contributed by atoms with Crippen molar-refractivity contribution in [3.05, 3.63) is 46.6 Å². The minimum atomic E-state index is -1.17. The molecule has 1 N–H and O–H groups in total. The Balaban J connectivity index is 2.12.